The molecule has 6 heteroatoms. The van der Waals surface area contributed by atoms with Crippen molar-refractivity contribution in [3.8, 4) is 22.8 Å². The van der Waals surface area contributed by atoms with Gasteiger partial charge < -0.3 is 10.1 Å². The third-order valence-electron chi connectivity index (χ3n) is 5.15. The number of amides is 1. The summed E-state index contributed by atoms with van der Waals surface area (Å²) in [5.74, 6) is 1.13. The standard InChI is InChI=1S/C26H26N4O2/c1-5-32-22-14-12-21(13-15-22)30-25(20-10-7-17(2)8-11-20)28-24(29-30)26(31)27-23-16-18(3)6-9-19(23)4/h6-16H,5H2,1-4H3,(H,27,31). The number of rotatable bonds is 6. The van der Waals surface area contributed by atoms with Crippen LogP contribution in [0.3, 0.4) is 0 Å². The minimum absolute atomic E-state index is 0.107. The van der Waals surface area contributed by atoms with Gasteiger partial charge in [-0.2, -0.15) is 0 Å². The molecule has 1 heterocycles. The second kappa shape index (κ2) is 9.06. The van der Waals surface area contributed by atoms with Crippen molar-refractivity contribution in [3.63, 3.8) is 0 Å². The summed E-state index contributed by atoms with van der Waals surface area (Å²) in [7, 11) is 0. The molecule has 32 heavy (non-hydrogen) atoms. The van der Waals surface area contributed by atoms with Crippen molar-refractivity contribution >= 4 is 11.6 Å². The van der Waals surface area contributed by atoms with Crippen LogP contribution < -0.4 is 10.1 Å². The molecule has 6 nitrogen and oxygen atoms in total. The molecule has 4 aromatic rings. The lowest BCUT2D eigenvalue weighted by atomic mass is 10.1. The second-order valence-corrected chi connectivity index (χ2v) is 7.74. The minimum atomic E-state index is -0.350. The molecule has 3 aromatic carbocycles. The zero-order valence-corrected chi connectivity index (χ0v) is 18.7. The van der Waals surface area contributed by atoms with Crippen molar-refractivity contribution in [1.29, 1.82) is 0 Å². The van der Waals surface area contributed by atoms with E-state index in [1.165, 1.54) is 0 Å². The van der Waals surface area contributed by atoms with Gasteiger partial charge in [0.2, 0.25) is 5.82 Å². The van der Waals surface area contributed by atoms with E-state index in [-0.39, 0.29) is 11.7 Å². The molecule has 0 bridgehead atoms. The number of benzene rings is 3. The molecule has 0 unspecified atom stereocenters. The topological polar surface area (TPSA) is 69.0 Å². The van der Waals surface area contributed by atoms with Crippen LogP contribution in [0, 0.1) is 20.8 Å². The highest BCUT2D eigenvalue weighted by atomic mass is 16.5. The average molecular weight is 427 g/mol. The van der Waals surface area contributed by atoms with Crippen LogP contribution in [0.25, 0.3) is 17.1 Å². The van der Waals surface area contributed by atoms with Gasteiger partial charge in [-0.25, -0.2) is 9.67 Å². The Kier molecular flexibility index (Phi) is 6.03. The number of nitrogens with one attached hydrogen (secondary N) is 1. The summed E-state index contributed by atoms with van der Waals surface area (Å²) >= 11 is 0. The van der Waals surface area contributed by atoms with Gasteiger partial charge in [0.15, 0.2) is 5.82 Å². The summed E-state index contributed by atoms with van der Waals surface area (Å²) in [4.78, 5) is 17.6. The first kappa shape index (κ1) is 21.3. The van der Waals surface area contributed by atoms with Crippen LogP contribution in [-0.4, -0.2) is 27.3 Å². The summed E-state index contributed by atoms with van der Waals surface area (Å²) in [6.07, 6.45) is 0. The number of aromatic nitrogens is 3. The second-order valence-electron chi connectivity index (χ2n) is 7.74. The number of ether oxygens (including phenoxy) is 1. The van der Waals surface area contributed by atoms with Crippen molar-refractivity contribution in [1.82, 2.24) is 14.8 Å². The fraction of sp³-hybridized carbons (Fsp3) is 0.192. The van der Waals surface area contributed by atoms with Gasteiger partial charge in [-0.15, -0.1) is 5.10 Å². The van der Waals surface area contributed by atoms with Crippen molar-refractivity contribution in [2.45, 2.75) is 27.7 Å². The molecular weight excluding hydrogens is 400 g/mol. The Balaban J connectivity index is 1.74. The van der Waals surface area contributed by atoms with E-state index in [0.29, 0.717) is 12.4 Å². The Morgan fingerprint density at radius 3 is 2.31 bits per heavy atom. The fourth-order valence-corrected chi connectivity index (χ4v) is 3.38. The molecule has 0 spiro atoms. The fourth-order valence-electron chi connectivity index (χ4n) is 3.38. The number of hydrogen-bond donors (Lipinski definition) is 1. The minimum Gasteiger partial charge on any atom is -0.494 e. The molecule has 0 aliphatic rings. The normalized spacial score (nSPS) is 10.8. The summed E-state index contributed by atoms with van der Waals surface area (Å²) in [6.45, 7) is 8.52. The average Bonchev–Trinajstić information content (AvgIpc) is 3.23. The molecule has 0 atom stereocenters. The van der Waals surface area contributed by atoms with Crippen LogP contribution >= 0.6 is 0 Å². The zero-order chi connectivity index (χ0) is 22.7. The number of anilines is 1. The molecule has 1 aromatic heterocycles. The number of carbonyl (C=O) groups excluding carboxylic acids is 1. The third kappa shape index (κ3) is 4.54. The van der Waals surface area contributed by atoms with Gasteiger partial charge in [-0.1, -0.05) is 42.0 Å². The summed E-state index contributed by atoms with van der Waals surface area (Å²) in [6, 6.07) is 21.5. The van der Waals surface area contributed by atoms with E-state index in [9.17, 15) is 4.79 Å². The van der Waals surface area contributed by atoms with E-state index in [2.05, 4.69) is 15.4 Å². The van der Waals surface area contributed by atoms with Crippen LogP contribution in [0.4, 0.5) is 5.69 Å². The molecule has 0 radical (unpaired) electrons. The third-order valence-corrected chi connectivity index (χ3v) is 5.15. The molecule has 0 saturated carbocycles. The van der Waals surface area contributed by atoms with E-state index in [0.717, 1.165) is 39.4 Å². The first-order valence-corrected chi connectivity index (χ1v) is 10.6. The SMILES string of the molecule is CCOc1ccc(-n2nc(C(=O)Nc3cc(C)ccc3C)nc2-c2ccc(C)cc2)cc1. The maximum absolute atomic E-state index is 13.0. The molecule has 0 aliphatic carbocycles. The molecule has 162 valence electrons. The van der Waals surface area contributed by atoms with Gasteiger partial charge >= 0.3 is 0 Å². The Hall–Kier alpha value is -3.93. The lowest BCUT2D eigenvalue weighted by Gasteiger charge is -2.08. The maximum Gasteiger partial charge on any atom is 0.295 e. The van der Waals surface area contributed by atoms with Crippen LogP contribution in [0.1, 0.15) is 34.2 Å². The van der Waals surface area contributed by atoms with Gasteiger partial charge in [-0.05, 0) is 69.2 Å². The van der Waals surface area contributed by atoms with Crippen molar-refractivity contribution < 1.29 is 9.53 Å². The smallest absolute Gasteiger partial charge is 0.295 e. The highest BCUT2D eigenvalue weighted by Gasteiger charge is 2.19. The van der Waals surface area contributed by atoms with E-state index in [4.69, 9.17) is 4.74 Å². The van der Waals surface area contributed by atoms with E-state index >= 15 is 0 Å². The van der Waals surface area contributed by atoms with Gasteiger partial charge in [0, 0.05) is 11.3 Å². The number of carbonyl (C=O) groups is 1. The number of nitrogens with zero attached hydrogens (tertiary/aromatic N) is 3. The predicted octanol–water partition coefficient (Wildman–Crippen LogP) is 5.51. The summed E-state index contributed by atoms with van der Waals surface area (Å²) in [5.41, 5.74) is 5.62. The van der Waals surface area contributed by atoms with Gasteiger partial charge in [0.1, 0.15) is 5.75 Å². The maximum atomic E-state index is 13.0. The molecule has 1 amide bonds. The van der Waals surface area contributed by atoms with Crippen molar-refractivity contribution in [3.05, 3.63) is 89.2 Å². The Bertz CT molecular complexity index is 1240. The van der Waals surface area contributed by atoms with Crippen LogP contribution in [0.2, 0.25) is 0 Å². The molecule has 1 N–H and O–H groups in total. The lowest BCUT2D eigenvalue weighted by Crippen LogP contribution is -2.15. The summed E-state index contributed by atoms with van der Waals surface area (Å²) < 4.78 is 7.24. The molecule has 0 aliphatic heterocycles. The lowest BCUT2D eigenvalue weighted by molar-refractivity contribution is 0.101. The summed E-state index contributed by atoms with van der Waals surface area (Å²) in [5, 5.41) is 7.50. The predicted molar refractivity (Wildman–Crippen MR) is 127 cm³/mol. The highest BCUT2D eigenvalue weighted by Crippen LogP contribution is 2.24. The van der Waals surface area contributed by atoms with Gasteiger partial charge in [0.25, 0.3) is 5.91 Å². The zero-order valence-electron chi connectivity index (χ0n) is 18.7. The van der Waals surface area contributed by atoms with Crippen molar-refractivity contribution in [2.75, 3.05) is 11.9 Å². The van der Waals surface area contributed by atoms with E-state index in [1.807, 2.05) is 94.4 Å². The largest absolute Gasteiger partial charge is 0.494 e. The molecular formula is C26H26N4O2. The highest BCUT2D eigenvalue weighted by molar-refractivity contribution is 6.02. The molecule has 0 fully saturated rings. The molecule has 4 rings (SSSR count). The number of aryl methyl sites for hydroxylation is 3. The van der Waals surface area contributed by atoms with E-state index in [1.54, 1.807) is 4.68 Å². The van der Waals surface area contributed by atoms with E-state index < -0.39 is 0 Å². The van der Waals surface area contributed by atoms with Crippen LogP contribution in [0.5, 0.6) is 5.75 Å². The Morgan fingerprint density at radius 2 is 1.62 bits per heavy atom. The quantitative estimate of drug-likeness (QED) is 0.441. The van der Waals surface area contributed by atoms with Crippen LogP contribution in [0.15, 0.2) is 66.7 Å². The Morgan fingerprint density at radius 1 is 0.938 bits per heavy atom. The van der Waals surface area contributed by atoms with Gasteiger partial charge in [0.05, 0.1) is 12.3 Å². The first-order valence-electron chi connectivity index (χ1n) is 10.6. The van der Waals surface area contributed by atoms with Crippen LogP contribution in [-0.2, 0) is 0 Å². The molecule has 0 saturated heterocycles. The Labute approximate surface area is 187 Å². The number of hydrogen-bond acceptors (Lipinski definition) is 4. The monoisotopic (exact) mass is 426 g/mol. The van der Waals surface area contributed by atoms with Crippen molar-refractivity contribution in [2.24, 2.45) is 0 Å². The first-order chi connectivity index (χ1) is 15.4. The van der Waals surface area contributed by atoms with Gasteiger partial charge in [-0.3, -0.25) is 4.79 Å².